The maximum atomic E-state index is 13.2. The van der Waals surface area contributed by atoms with Crippen molar-refractivity contribution in [3.63, 3.8) is 0 Å². The molecule has 0 unspecified atom stereocenters. The van der Waals surface area contributed by atoms with E-state index >= 15 is 0 Å². The van der Waals surface area contributed by atoms with E-state index in [1.165, 1.54) is 0 Å². The van der Waals surface area contributed by atoms with Gasteiger partial charge in [-0.1, -0.05) is 60.7 Å². The Morgan fingerprint density at radius 2 is 1.42 bits per heavy atom. The van der Waals surface area contributed by atoms with Crippen LogP contribution in [0, 0.1) is 0 Å². The molecular weight excluding hydrogens is 318 g/mol. The van der Waals surface area contributed by atoms with E-state index in [9.17, 15) is 4.79 Å². The smallest absolute Gasteiger partial charge is 0.275 e. The van der Waals surface area contributed by atoms with E-state index in [1.807, 2.05) is 74.5 Å². The zero-order chi connectivity index (χ0) is 17.2. The van der Waals surface area contributed by atoms with Crippen molar-refractivity contribution >= 4 is 23.3 Å². The number of carbonyl (C=O) groups is 1. The Hall–Kier alpha value is -2.20. The van der Waals surface area contributed by atoms with Crippen molar-refractivity contribution in [1.82, 2.24) is 4.90 Å². The van der Waals surface area contributed by atoms with Crippen LogP contribution in [0.1, 0.15) is 25.0 Å². The van der Waals surface area contributed by atoms with Gasteiger partial charge in [-0.05, 0) is 37.2 Å². The SMILES string of the molecule is CC(C)N1C(=O)C(Cc2ccccc2)(Cc2ccccc2)OC1=S. The van der Waals surface area contributed by atoms with Crippen LogP contribution in [0.5, 0.6) is 0 Å². The second-order valence-electron chi connectivity index (χ2n) is 6.46. The van der Waals surface area contributed by atoms with E-state index in [1.54, 1.807) is 4.90 Å². The second-order valence-corrected chi connectivity index (χ2v) is 6.81. The van der Waals surface area contributed by atoms with Crippen LogP contribution in [-0.4, -0.2) is 27.6 Å². The zero-order valence-corrected chi connectivity index (χ0v) is 14.8. The third-order valence-electron chi connectivity index (χ3n) is 4.27. The molecule has 3 rings (SSSR count). The van der Waals surface area contributed by atoms with E-state index in [-0.39, 0.29) is 17.1 Å². The summed E-state index contributed by atoms with van der Waals surface area (Å²) in [5.74, 6) is -0.0461. The zero-order valence-electron chi connectivity index (χ0n) is 13.9. The first-order valence-electron chi connectivity index (χ1n) is 8.16. The van der Waals surface area contributed by atoms with Gasteiger partial charge in [-0.2, -0.15) is 0 Å². The average Bonchev–Trinajstić information content (AvgIpc) is 2.79. The summed E-state index contributed by atoms with van der Waals surface area (Å²) in [4.78, 5) is 14.8. The Morgan fingerprint density at radius 3 is 1.79 bits per heavy atom. The van der Waals surface area contributed by atoms with Gasteiger partial charge in [0.2, 0.25) is 0 Å². The first-order valence-corrected chi connectivity index (χ1v) is 8.57. The monoisotopic (exact) mass is 339 g/mol. The van der Waals surface area contributed by atoms with Crippen LogP contribution in [-0.2, 0) is 22.4 Å². The summed E-state index contributed by atoms with van der Waals surface area (Å²) in [5.41, 5.74) is 1.16. The highest BCUT2D eigenvalue weighted by atomic mass is 32.1. The fraction of sp³-hybridized carbons (Fsp3) is 0.300. The van der Waals surface area contributed by atoms with Crippen molar-refractivity contribution in [3.05, 3.63) is 71.8 Å². The first-order chi connectivity index (χ1) is 11.5. The summed E-state index contributed by atoms with van der Waals surface area (Å²) in [6, 6.07) is 19.9. The highest BCUT2D eigenvalue weighted by molar-refractivity contribution is 7.80. The topological polar surface area (TPSA) is 29.5 Å². The average molecular weight is 339 g/mol. The van der Waals surface area contributed by atoms with Gasteiger partial charge in [-0.15, -0.1) is 0 Å². The van der Waals surface area contributed by atoms with Gasteiger partial charge in [0.25, 0.3) is 11.1 Å². The molecule has 124 valence electrons. The number of thiocarbonyl (C=S) groups is 1. The quantitative estimate of drug-likeness (QED) is 0.777. The summed E-state index contributed by atoms with van der Waals surface area (Å²) in [7, 11) is 0. The van der Waals surface area contributed by atoms with Crippen LogP contribution in [0.4, 0.5) is 0 Å². The molecule has 3 nitrogen and oxygen atoms in total. The summed E-state index contributed by atoms with van der Waals surface area (Å²) in [6.07, 6.45) is 1.01. The van der Waals surface area contributed by atoms with Crippen LogP contribution in [0.15, 0.2) is 60.7 Å². The number of amides is 1. The van der Waals surface area contributed by atoms with Gasteiger partial charge < -0.3 is 4.74 Å². The lowest BCUT2D eigenvalue weighted by Crippen LogP contribution is -2.46. The van der Waals surface area contributed by atoms with E-state index in [2.05, 4.69) is 0 Å². The van der Waals surface area contributed by atoms with Crippen molar-refractivity contribution < 1.29 is 9.53 Å². The minimum absolute atomic E-state index is 0.0154. The minimum atomic E-state index is -0.968. The number of carbonyl (C=O) groups excluding carboxylic acids is 1. The third-order valence-corrected chi connectivity index (χ3v) is 4.55. The van der Waals surface area contributed by atoms with Gasteiger partial charge in [-0.25, -0.2) is 0 Å². The van der Waals surface area contributed by atoms with Gasteiger partial charge in [-0.3, -0.25) is 9.69 Å². The molecule has 0 bridgehead atoms. The molecule has 24 heavy (non-hydrogen) atoms. The van der Waals surface area contributed by atoms with Crippen molar-refractivity contribution in [1.29, 1.82) is 0 Å². The van der Waals surface area contributed by atoms with Crippen LogP contribution < -0.4 is 0 Å². The Bertz CT molecular complexity index is 686. The summed E-state index contributed by atoms with van der Waals surface area (Å²) in [6.45, 7) is 3.91. The van der Waals surface area contributed by atoms with Crippen molar-refractivity contribution in [3.8, 4) is 0 Å². The molecule has 0 radical (unpaired) electrons. The lowest BCUT2D eigenvalue weighted by atomic mass is 9.87. The summed E-state index contributed by atoms with van der Waals surface area (Å²) < 4.78 is 6.05. The van der Waals surface area contributed by atoms with E-state index < -0.39 is 5.60 Å². The summed E-state index contributed by atoms with van der Waals surface area (Å²) in [5, 5.41) is 0.280. The predicted molar refractivity (Wildman–Crippen MR) is 98.7 cm³/mol. The third kappa shape index (κ3) is 3.20. The maximum absolute atomic E-state index is 13.2. The summed E-state index contributed by atoms with van der Waals surface area (Å²) >= 11 is 5.36. The van der Waals surface area contributed by atoms with Crippen LogP contribution >= 0.6 is 12.2 Å². The number of nitrogens with zero attached hydrogens (tertiary/aromatic N) is 1. The van der Waals surface area contributed by atoms with Gasteiger partial charge in [0.05, 0.1) is 0 Å². The molecule has 1 saturated heterocycles. The molecule has 0 atom stereocenters. The largest absolute Gasteiger partial charge is 0.453 e. The Morgan fingerprint density at radius 1 is 0.958 bits per heavy atom. The molecule has 1 fully saturated rings. The second kappa shape index (κ2) is 6.73. The van der Waals surface area contributed by atoms with Crippen LogP contribution in [0.2, 0.25) is 0 Å². The number of ether oxygens (including phenoxy) is 1. The molecule has 1 heterocycles. The molecule has 1 aliphatic heterocycles. The molecule has 0 saturated carbocycles. The Balaban J connectivity index is 1.98. The molecule has 0 aromatic heterocycles. The lowest BCUT2D eigenvalue weighted by molar-refractivity contribution is -0.137. The number of hydrogen-bond donors (Lipinski definition) is 0. The van der Waals surface area contributed by atoms with Gasteiger partial charge >= 0.3 is 0 Å². The molecule has 1 amide bonds. The first kappa shape index (κ1) is 16.7. The van der Waals surface area contributed by atoms with E-state index in [4.69, 9.17) is 17.0 Å². The minimum Gasteiger partial charge on any atom is -0.453 e. The predicted octanol–water partition coefficient (Wildman–Crippen LogP) is 3.76. The lowest BCUT2D eigenvalue weighted by Gasteiger charge is -2.26. The molecule has 0 N–H and O–H groups in total. The van der Waals surface area contributed by atoms with Crippen molar-refractivity contribution in [2.75, 3.05) is 0 Å². The molecule has 2 aromatic carbocycles. The Kier molecular flexibility index (Phi) is 4.67. The molecule has 2 aromatic rings. The number of rotatable bonds is 5. The number of benzene rings is 2. The molecule has 0 aliphatic carbocycles. The standard InChI is InChI=1S/C20H21NO2S/c1-15(2)21-18(22)20(23-19(21)24,13-16-9-5-3-6-10-16)14-17-11-7-4-8-12-17/h3-12,15H,13-14H2,1-2H3. The van der Waals surface area contributed by atoms with Gasteiger partial charge in [0, 0.05) is 18.9 Å². The van der Waals surface area contributed by atoms with E-state index in [0.29, 0.717) is 12.8 Å². The fourth-order valence-electron chi connectivity index (χ4n) is 3.14. The highest BCUT2D eigenvalue weighted by Gasteiger charge is 2.52. The normalized spacial score (nSPS) is 16.5. The maximum Gasteiger partial charge on any atom is 0.275 e. The van der Waals surface area contributed by atoms with Gasteiger partial charge in [0.1, 0.15) is 0 Å². The molecule has 0 spiro atoms. The molecule has 4 heteroatoms. The van der Waals surface area contributed by atoms with Crippen LogP contribution in [0.25, 0.3) is 0 Å². The number of hydrogen-bond acceptors (Lipinski definition) is 3. The fourth-order valence-corrected chi connectivity index (χ4v) is 3.60. The molecular formula is C20H21NO2S. The van der Waals surface area contributed by atoms with Crippen molar-refractivity contribution in [2.45, 2.75) is 38.3 Å². The van der Waals surface area contributed by atoms with Gasteiger partial charge in [0.15, 0.2) is 5.60 Å². The molecule has 1 aliphatic rings. The van der Waals surface area contributed by atoms with E-state index in [0.717, 1.165) is 11.1 Å². The van der Waals surface area contributed by atoms with Crippen LogP contribution in [0.3, 0.4) is 0 Å². The Labute approximate surface area is 148 Å². The van der Waals surface area contributed by atoms with Crippen molar-refractivity contribution in [2.24, 2.45) is 0 Å². The highest BCUT2D eigenvalue weighted by Crippen LogP contribution is 2.33.